The summed E-state index contributed by atoms with van der Waals surface area (Å²) >= 11 is 0. The summed E-state index contributed by atoms with van der Waals surface area (Å²) in [6.07, 6.45) is 3.30. The van der Waals surface area contributed by atoms with E-state index >= 15 is 0 Å². The van der Waals surface area contributed by atoms with Gasteiger partial charge in [-0.05, 0) is 58.0 Å². The van der Waals surface area contributed by atoms with Crippen LogP contribution in [0.1, 0.15) is 48.4 Å². The van der Waals surface area contributed by atoms with Gasteiger partial charge in [0, 0.05) is 36.3 Å². The van der Waals surface area contributed by atoms with Crippen molar-refractivity contribution in [2.75, 3.05) is 23.9 Å². The second kappa shape index (κ2) is 13.7. The molecule has 2 amide bonds. The lowest BCUT2D eigenvalue weighted by atomic mass is 9.81. The molecule has 8 nitrogen and oxygen atoms in total. The maximum atomic E-state index is 13.9. The first kappa shape index (κ1) is 33.3. The molecule has 0 saturated carbocycles. The predicted octanol–water partition coefficient (Wildman–Crippen LogP) is 6.17. The SMILES string of the molecule is CN(C(=O)c1cc([B]OC(C)(C)C(C)(C)O)cc(C(=O)N(C)c2ccc(-c3ccccc3)nc2)c1)c1ccc(-c2ccccc2)nc1. The predicted molar refractivity (Wildman–Crippen MR) is 188 cm³/mol. The summed E-state index contributed by atoms with van der Waals surface area (Å²) in [5.41, 5.74) is 3.67. The molecule has 0 aliphatic carbocycles. The number of rotatable bonds is 10. The maximum Gasteiger partial charge on any atom is 0.330 e. The molecular formula is C38H38BN4O4. The molecule has 0 atom stereocenters. The van der Waals surface area contributed by atoms with E-state index in [1.165, 1.54) is 17.3 Å². The third-order valence-corrected chi connectivity index (χ3v) is 8.43. The van der Waals surface area contributed by atoms with Gasteiger partial charge in [0.05, 0.1) is 46.4 Å². The first-order valence-electron chi connectivity index (χ1n) is 15.3. The van der Waals surface area contributed by atoms with Crippen molar-refractivity contribution in [2.45, 2.75) is 38.9 Å². The van der Waals surface area contributed by atoms with Crippen LogP contribution in [0.4, 0.5) is 11.4 Å². The number of nitrogens with zero attached hydrogens (tertiary/aromatic N) is 4. The van der Waals surface area contributed by atoms with E-state index in [0.717, 1.165) is 22.5 Å². The summed E-state index contributed by atoms with van der Waals surface area (Å²) in [7, 11) is 4.80. The van der Waals surface area contributed by atoms with Gasteiger partial charge in [-0.2, -0.15) is 0 Å². The molecule has 0 bridgehead atoms. The number of hydrogen-bond acceptors (Lipinski definition) is 6. The Morgan fingerprint density at radius 2 is 1.09 bits per heavy atom. The average Bonchev–Trinajstić information content (AvgIpc) is 3.09. The minimum Gasteiger partial charge on any atom is -0.427 e. The zero-order valence-electron chi connectivity index (χ0n) is 27.5. The molecule has 0 spiro atoms. The number of aliphatic hydroxyl groups is 1. The molecule has 0 aliphatic heterocycles. The largest absolute Gasteiger partial charge is 0.427 e. The van der Waals surface area contributed by atoms with Gasteiger partial charge in [0.25, 0.3) is 11.8 Å². The minimum absolute atomic E-state index is 0.285. The number of carbonyl (C=O) groups excluding carboxylic acids is 2. The van der Waals surface area contributed by atoms with E-state index in [2.05, 4.69) is 9.97 Å². The molecular weight excluding hydrogens is 587 g/mol. The number of anilines is 2. The van der Waals surface area contributed by atoms with Crippen LogP contribution in [0.2, 0.25) is 0 Å². The van der Waals surface area contributed by atoms with Crippen LogP contribution in [0.3, 0.4) is 0 Å². The monoisotopic (exact) mass is 625 g/mol. The Balaban J connectivity index is 1.43. The second-order valence-corrected chi connectivity index (χ2v) is 12.4. The highest BCUT2D eigenvalue weighted by Crippen LogP contribution is 2.26. The average molecular weight is 626 g/mol. The van der Waals surface area contributed by atoms with Crippen molar-refractivity contribution in [2.24, 2.45) is 0 Å². The van der Waals surface area contributed by atoms with Crippen LogP contribution in [-0.2, 0) is 4.65 Å². The molecule has 1 N–H and O–H groups in total. The summed E-state index contributed by atoms with van der Waals surface area (Å²) in [5.74, 6) is -0.663. The molecule has 2 aromatic heterocycles. The number of hydrogen-bond donors (Lipinski definition) is 1. The lowest BCUT2D eigenvalue weighted by molar-refractivity contribution is -0.0893. The maximum absolute atomic E-state index is 13.9. The van der Waals surface area contributed by atoms with Crippen LogP contribution in [0, 0.1) is 0 Å². The summed E-state index contributed by atoms with van der Waals surface area (Å²) in [5, 5.41) is 10.6. The van der Waals surface area contributed by atoms with Gasteiger partial charge in [-0.1, -0.05) is 78.3 Å². The Morgan fingerprint density at radius 3 is 1.45 bits per heavy atom. The topological polar surface area (TPSA) is 95.9 Å². The van der Waals surface area contributed by atoms with Gasteiger partial charge >= 0.3 is 7.48 Å². The van der Waals surface area contributed by atoms with Crippen molar-refractivity contribution in [3.63, 3.8) is 0 Å². The lowest BCUT2D eigenvalue weighted by Crippen LogP contribution is -2.49. The summed E-state index contributed by atoms with van der Waals surface area (Å²) in [6.45, 7) is 6.86. The lowest BCUT2D eigenvalue weighted by Gasteiger charge is -2.37. The third-order valence-electron chi connectivity index (χ3n) is 8.43. The molecule has 0 aliphatic rings. The minimum atomic E-state index is -1.16. The van der Waals surface area contributed by atoms with E-state index in [9.17, 15) is 14.7 Å². The van der Waals surface area contributed by atoms with E-state index in [4.69, 9.17) is 4.65 Å². The molecule has 47 heavy (non-hydrogen) atoms. The fourth-order valence-electron chi connectivity index (χ4n) is 4.68. The first-order valence-corrected chi connectivity index (χ1v) is 15.3. The van der Waals surface area contributed by atoms with Crippen LogP contribution in [0.15, 0.2) is 116 Å². The highest BCUT2D eigenvalue weighted by Gasteiger charge is 2.36. The highest BCUT2D eigenvalue weighted by molar-refractivity contribution is 6.47. The highest BCUT2D eigenvalue weighted by atomic mass is 16.5. The van der Waals surface area contributed by atoms with Crippen molar-refractivity contribution >= 4 is 36.1 Å². The number of carbonyl (C=O) groups is 2. The van der Waals surface area contributed by atoms with Crippen molar-refractivity contribution < 1.29 is 19.3 Å². The van der Waals surface area contributed by atoms with Gasteiger partial charge < -0.3 is 19.6 Å². The fraction of sp³-hybridized carbons (Fsp3) is 0.211. The molecule has 1 radical (unpaired) electrons. The van der Waals surface area contributed by atoms with E-state index in [1.54, 1.807) is 72.4 Å². The van der Waals surface area contributed by atoms with Gasteiger partial charge in [0.1, 0.15) is 0 Å². The zero-order valence-corrected chi connectivity index (χ0v) is 27.5. The van der Waals surface area contributed by atoms with Crippen molar-refractivity contribution in [1.29, 1.82) is 0 Å². The Hall–Kier alpha value is -5.12. The molecule has 2 heterocycles. The zero-order chi connectivity index (χ0) is 33.8. The van der Waals surface area contributed by atoms with E-state index in [0.29, 0.717) is 16.8 Å². The normalized spacial score (nSPS) is 11.6. The quantitative estimate of drug-likeness (QED) is 0.187. The summed E-state index contributed by atoms with van der Waals surface area (Å²) in [6, 6.07) is 31.9. The van der Waals surface area contributed by atoms with Crippen LogP contribution in [-0.4, -0.2) is 59.7 Å². The molecule has 237 valence electrons. The van der Waals surface area contributed by atoms with Gasteiger partial charge in [0.2, 0.25) is 0 Å². The second-order valence-electron chi connectivity index (χ2n) is 12.4. The van der Waals surface area contributed by atoms with Gasteiger partial charge in [-0.25, -0.2) is 0 Å². The van der Waals surface area contributed by atoms with Crippen LogP contribution < -0.4 is 15.3 Å². The van der Waals surface area contributed by atoms with Crippen molar-refractivity contribution in [3.8, 4) is 22.5 Å². The van der Waals surface area contributed by atoms with Crippen molar-refractivity contribution in [3.05, 3.63) is 127 Å². The molecule has 0 saturated heterocycles. The Labute approximate surface area is 277 Å². The number of amides is 2. The smallest absolute Gasteiger partial charge is 0.330 e. The Bertz CT molecular complexity index is 1720. The van der Waals surface area contributed by atoms with E-state index in [-0.39, 0.29) is 22.9 Å². The Kier molecular flexibility index (Phi) is 9.70. The Morgan fingerprint density at radius 1 is 0.660 bits per heavy atom. The standard InChI is InChI=1S/C38H38BN4O4/c1-37(2,46)38(3,4)47-39-30-22-28(35(44)42(5)31-17-19-33(40-24-31)26-13-9-7-10-14-26)21-29(23-30)36(45)43(6)32-18-20-34(41-25-32)27-15-11-8-12-16-27/h7-25,46H,1-6H3. The molecule has 0 fully saturated rings. The number of aromatic nitrogens is 2. The first-order chi connectivity index (χ1) is 22.3. The van der Waals surface area contributed by atoms with Gasteiger partial charge in [-0.15, -0.1) is 0 Å². The van der Waals surface area contributed by atoms with Crippen LogP contribution >= 0.6 is 0 Å². The van der Waals surface area contributed by atoms with Crippen LogP contribution in [0.25, 0.3) is 22.5 Å². The fourth-order valence-corrected chi connectivity index (χ4v) is 4.68. The van der Waals surface area contributed by atoms with Crippen LogP contribution in [0.5, 0.6) is 0 Å². The molecule has 5 rings (SSSR count). The molecule has 9 heteroatoms. The van der Waals surface area contributed by atoms with Crippen molar-refractivity contribution in [1.82, 2.24) is 9.97 Å². The summed E-state index contributed by atoms with van der Waals surface area (Å²) in [4.78, 5) is 39.8. The molecule has 3 aromatic carbocycles. The van der Waals surface area contributed by atoms with Gasteiger partial charge in [-0.3, -0.25) is 19.6 Å². The third kappa shape index (κ3) is 7.65. The van der Waals surface area contributed by atoms with E-state index < -0.39 is 11.2 Å². The summed E-state index contributed by atoms with van der Waals surface area (Å²) < 4.78 is 6.01. The van der Waals surface area contributed by atoms with E-state index in [1.807, 2.05) is 84.9 Å². The molecule has 0 unspecified atom stereocenters. The van der Waals surface area contributed by atoms with Gasteiger partial charge in [0.15, 0.2) is 0 Å². The number of pyridine rings is 2. The molecule has 5 aromatic rings. The number of benzene rings is 3.